The fourth-order valence-electron chi connectivity index (χ4n) is 4.31. The topological polar surface area (TPSA) is 117 Å². The van der Waals surface area contributed by atoms with Gasteiger partial charge in [-0.1, -0.05) is 24.3 Å². The molecule has 0 saturated carbocycles. The first kappa shape index (κ1) is 28.4. The second-order valence-corrected chi connectivity index (χ2v) is 9.64. The van der Waals surface area contributed by atoms with Gasteiger partial charge in [-0.25, -0.2) is 13.9 Å². The van der Waals surface area contributed by atoms with Gasteiger partial charge in [0.15, 0.2) is 5.82 Å². The maximum Gasteiger partial charge on any atom is 0.319 e. The number of aromatic nitrogens is 4. The molecule has 40 heavy (non-hydrogen) atoms. The Morgan fingerprint density at radius 1 is 0.925 bits per heavy atom. The van der Waals surface area contributed by atoms with Crippen molar-refractivity contribution in [2.24, 2.45) is 7.05 Å². The van der Waals surface area contributed by atoms with Gasteiger partial charge in [-0.3, -0.25) is 4.79 Å². The zero-order valence-electron chi connectivity index (χ0n) is 22.8. The number of nitrogens with zero attached hydrogens (tertiary/aromatic N) is 5. The Morgan fingerprint density at radius 3 is 2.40 bits per heavy atom. The number of rotatable bonds is 11. The Balaban J connectivity index is 1.36. The van der Waals surface area contributed by atoms with Crippen molar-refractivity contribution < 1.29 is 14.0 Å². The van der Waals surface area contributed by atoms with Gasteiger partial charge in [0, 0.05) is 44.0 Å². The van der Waals surface area contributed by atoms with Crippen LogP contribution in [0.5, 0.6) is 0 Å². The van der Waals surface area contributed by atoms with Crippen LogP contribution in [0.25, 0.3) is 22.5 Å². The molecule has 0 radical (unpaired) electrons. The summed E-state index contributed by atoms with van der Waals surface area (Å²) >= 11 is 0. The summed E-state index contributed by atoms with van der Waals surface area (Å²) in [6.45, 7) is 3.58. The smallest absolute Gasteiger partial charge is 0.319 e. The standard InChI is InChI=1S/C29H33FN8O2/c1-20(39)32-26-8-6-7-22(16-26)23-15-24(28-34-35-36-38(28)3)18-27(17-23)33-29(40)31-13-4-5-14-37(2)19-21-9-11-25(30)12-10-21/h6-12,15-18H,4-5,13-14,19H2,1-3H3,(H,32,39)(H2,31,33,40). The highest BCUT2D eigenvalue weighted by molar-refractivity contribution is 5.92. The third kappa shape index (κ3) is 8.18. The van der Waals surface area contributed by atoms with E-state index in [1.807, 2.05) is 49.5 Å². The van der Waals surface area contributed by atoms with Crippen LogP contribution in [0, 0.1) is 5.82 Å². The molecule has 0 atom stereocenters. The molecule has 4 rings (SSSR count). The molecule has 0 spiro atoms. The van der Waals surface area contributed by atoms with Crippen LogP contribution in [0.15, 0.2) is 66.7 Å². The van der Waals surface area contributed by atoms with Crippen LogP contribution in [0.1, 0.15) is 25.3 Å². The summed E-state index contributed by atoms with van der Waals surface area (Å²) in [4.78, 5) is 26.4. The highest BCUT2D eigenvalue weighted by atomic mass is 19.1. The van der Waals surface area contributed by atoms with Crippen molar-refractivity contribution in [3.8, 4) is 22.5 Å². The van der Waals surface area contributed by atoms with Gasteiger partial charge < -0.3 is 20.9 Å². The predicted molar refractivity (Wildman–Crippen MR) is 153 cm³/mol. The van der Waals surface area contributed by atoms with Gasteiger partial charge in [-0.05, 0) is 96.0 Å². The number of benzene rings is 3. The van der Waals surface area contributed by atoms with Crippen molar-refractivity contribution in [2.45, 2.75) is 26.3 Å². The lowest BCUT2D eigenvalue weighted by atomic mass is 10.0. The lowest BCUT2D eigenvalue weighted by Crippen LogP contribution is -2.30. The molecule has 1 aromatic heterocycles. The third-order valence-corrected chi connectivity index (χ3v) is 6.20. The molecular formula is C29H33FN8O2. The molecule has 3 N–H and O–H groups in total. The summed E-state index contributed by atoms with van der Waals surface area (Å²) in [6.07, 6.45) is 1.72. The van der Waals surface area contributed by atoms with Crippen LogP contribution in [-0.2, 0) is 18.4 Å². The maximum absolute atomic E-state index is 13.1. The summed E-state index contributed by atoms with van der Waals surface area (Å²) in [7, 11) is 3.77. The van der Waals surface area contributed by atoms with E-state index in [-0.39, 0.29) is 17.8 Å². The summed E-state index contributed by atoms with van der Waals surface area (Å²) in [5.41, 5.74) is 4.73. The number of amides is 3. The molecule has 0 saturated heterocycles. The summed E-state index contributed by atoms with van der Waals surface area (Å²) in [5, 5.41) is 20.4. The minimum absolute atomic E-state index is 0.158. The zero-order chi connectivity index (χ0) is 28.5. The number of tetrazole rings is 1. The second-order valence-electron chi connectivity index (χ2n) is 9.64. The molecule has 3 aromatic carbocycles. The molecule has 4 aromatic rings. The van der Waals surface area contributed by atoms with Crippen molar-refractivity contribution in [1.82, 2.24) is 30.4 Å². The SMILES string of the molecule is CC(=O)Nc1cccc(-c2cc(NC(=O)NCCCCN(C)Cc3ccc(F)cc3)cc(-c3nnnn3C)c2)c1. The summed E-state index contributed by atoms with van der Waals surface area (Å²) < 4.78 is 14.6. The van der Waals surface area contributed by atoms with Crippen molar-refractivity contribution in [3.63, 3.8) is 0 Å². The molecule has 0 fully saturated rings. The highest BCUT2D eigenvalue weighted by Crippen LogP contribution is 2.30. The number of nitrogens with one attached hydrogen (secondary N) is 3. The lowest BCUT2D eigenvalue weighted by Gasteiger charge is -2.17. The number of carbonyl (C=O) groups is 2. The molecule has 10 nitrogen and oxygen atoms in total. The number of anilines is 2. The van der Waals surface area contributed by atoms with Crippen LogP contribution in [0.4, 0.5) is 20.6 Å². The number of hydrogen-bond acceptors (Lipinski definition) is 6. The highest BCUT2D eigenvalue weighted by Gasteiger charge is 2.12. The van der Waals surface area contributed by atoms with E-state index in [0.29, 0.717) is 23.7 Å². The number of unbranched alkanes of at least 4 members (excludes halogenated alkanes) is 1. The lowest BCUT2D eigenvalue weighted by molar-refractivity contribution is -0.114. The average Bonchev–Trinajstić information content (AvgIpc) is 3.35. The van der Waals surface area contributed by atoms with Gasteiger partial charge in [0.25, 0.3) is 0 Å². The third-order valence-electron chi connectivity index (χ3n) is 6.20. The number of carbonyl (C=O) groups excluding carboxylic acids is 2. The van der Waals surface area contributed by atoms with Crippen LogP contribution >= 0.6 is 0 Å². The summed E-state index contributed by atoms with van der Waals surface area (Å²) in [6, 6.07) is 19.3. The minimum Gasteiger partial charge on any atom is -0.338 e. The number of hydrogen-bond donors (Lipinski definition) is 3. The first-order valence-corrected chi connectivity index (χ1v) is 13.0. The van der Waals surface area contributed by atoms with E-state index >= 15 is 0 Å². The number of urea groups is 1. The van der Waals surface area contributed by atoms with E-state index in [2.05, 4.69) is 36.4 Å². The van der Waals surface area contributed by atoms with Gasteiger partial charge in [-0.2, -0.15) is 0 Å². The van der Waals surface area contributed by atoms with Crippen molar-refractivity contribution >= 4 is 23.3 Å². The first-order valence-electron chi connectivity index (χ1n) is 13.0. The Morgan fingerprint density at radius 2 is 1.68 bits per heavy atom. The van der Waals surface area contributed by atoms with E-state index in [1.165, 1.54) is 19.1 Å². The van der Waals surface area contributed by atoms with Crippen molar-refractivity contribution in [1.29, 1.82) is 0 Å². The minimum atomic E-state index is -0.314. The first-order chi connectivity index (χ1) is 19.3. The molecular weight excluding hydrogens is 511 g/mol. The van der Waals surface area contributed by atoms with Crippen molar-refractivity contribution in [3.05, 3.63) is 78.1 Å². The van der Waals surface area contributed by atoms with E-state index in [1.54, 1.807) is 23.9 Å². The molecule has 0 unspecified atom stereocenters. The Bertz CT molecular complexity index is 1450. The van der Waals surface area contributed by atoms with Crippen LogP contribution < -0.4 is 16.0 Å². The number of aryl methyl sites for hydroxylation is 1. The number of halogens is 1. The quantitative estimate of drug-likeness (QED) is 0.236. The Labute approximate surface area is 232 Å². The van der Waals surface area contributed by atoms with Crippen LogP contribution in [0.2, 0.25) is 0 Å². The Hall–Kier alpha value is -4.64. The molecule has 11 heteroatoms. The monoisotopic (exact) mass is 544 g/mol. The average molecular weight is 545 g/mol. The normalized spacial score (nSPS) is 10.9. The van der Waals surface area contributed by atoms with E-state index in [4.69, 9.17) is 0 Å². The van der Waals surface area contributed by atoms with Gasteiger partial charge in [0.2, 0.25) is 5.91 Å². The molecule has 0 aliphatic rings. The van der Waals surface area contributed by atoms with Crippen LogP contribution in [-0.4, -0.2) is 57.2 Å². The maximum atomic E-state index is 13.1. The van der Waals surface area contributed by atoms with Gasteiger partial charge in [-0.15, -0.1) is 5.10 Å². The van der Waals surface area contributed by atoms with Gasteiger partial charge in [0.1, 0.15) is 5.82 Å². The van der Waals surface area contributed by atoms with E-state index < -0.39 is 0 Å². The van der Waals surface area contributed by atoms with E-state index in [0.717, 1.165) is 48.2 Å². The fourth-order valence-corrected chi connectivity index (χ4v) is 4.31. The molecule has 0 bridgehead atoms. The zero-order valence-corrected chi connectivity index (χ0v) is 22.8. The largest absolute Gasteiger partial charge is 0.338 e. The Kier molecular flexibility index (Phi) is 9.53. The van der Waals surface area contributed by atoms with Crippen molar-refractivity contribution in [2.75, 3.05) is 30.8 Å². The molecule has 208 valence electrons. The second kappa shape index (κ2) is 13.4. The van der Waals surface area contributed by atoms with E-state index in [9.17, 15) is 14.0 Å². The predicted octanol–water partition coefficient (Wildman–Crippen LogP) is 4.68. The fraction of sp³-hybridized carbons (Fsp3) is 0.276. The van der Waals surface area contributed by atoms with Crippen LogP contribution in [0.3, 0.4) is 0 Å². The molecule has 1 heterocycles. The van der Waals surface area contributed by atoms with Gasteiger partial charge in [0.05, 0.1) is 0 Å². The van der Waals surface area contributed by atoms with Gasteiger partial charge >= 0.3 is 6.03 Å². The molecule has 0 aliphatic carbocycles. The summed E-state index contributed by atoms with van der Waals surface area (Å²) in [5.74, 6) is 0.156. The molecule has 3 amide bonds. The molecule has 0 aliphatic heterocycles.